The largest absolute Gasteiger partial charge is 0.457 e. The highest BCUT2D eigenvalue weighted by Gasteiger charge is 2.33. The third-order valence-electron chi connectivity index (χ3n) is 6.06. The number of amides is 3. The first-order chi connectivity index (χ1) is 17.5. The van der Waals surface area contributed by atoms with Crippen LogP contribution in [0.4, 0.5) is 22.0 Å². The predicted octanol–water partition coefficient (Wildman–Crippen LogP) is 3.31. The smallest absolute Gasteiger partial charge is 0.415 e. The van der Waals surface area contributed by atoms with E-state index in [1.54, 1.807) is 53.1 Å². The second-order valence-electron chi connectivity index (χ2n) is 9.80. The van der Waals surface area contributed by atoms with Crippen LogP contribution >= 0.6 is 0 Å². The third-order valence-corrected chi connectivity index (χ3v) is 6.06. The van der Waals surface area contributed by atoms with Crippen molar-refractivity contribution in [1.29, 1.82) is 0 Å². The third kappa shape index (κ3) is 5.38. The normalized spacial score (nSPS) is 17.1. The molecule has 3 amide bonds. The summed E-state index contributed by atoms with van der Waals surface area (Å²) >= 11 is 0. The maximum absolute atomic E-state index is 13.2. The maximum Gasteiger partial charge on any atom is 0.415 e. The Morgan fingerprint density at radius 2 is 1.95 bits per heavy atom. The molecule has 1 fully saturated rings. The summed E-state index contributed by atoms with van der Waals surface area (Å²) in [4.78, 5) is 39.6. The van der Waals surface area contributed by atoms with E-state index < -0.39 is 17.6 Å². The van der Waals surface area contributed by atoms with E-state index >= 15 is 0 Å². The van der Waals surface area contributed by atoms with E-state index in [1.807, 2.05) is 0 Å². The van der Waals surface area contributed by atoms with E-state index in [0.29, 0.717) is 28.3 Å². The van der Waals surface area contributed by atoms with Crippen LogP contribution in [-0.2, 0) is 9.47 Å². The molecule has 198 valence electrons. The summed E-state index contributed by atoms with van der Waals surface area (Å²) in [5.74, 6) is -0.278. The number of hydrogen-bond donors (Lipinski definition) is 3. The number of methoxy groups -OCH3 is 1. The minimum Gasteiger partial charge on any atom is -0.457 e. The molecule has 3 aromatic heterocycles. The van der Waals surface area contributed by atoms with Gasteiger partial charge in [0.1, 0.15) is 11.4 Å². The number of furan rings is 1. The summed E-state index contributed by atoms with van der Waals surface area (Å²) < 4.78 is 17.7. The first kappa shape index (κ1) is 26.0. The van der Waals surface area contributed by atoms with Gasteiger partial charge in [-0.25, -0.2) is 9.31 Å². The number of pyridine rings is 1. The topological polar surface area (TPSA) is 139 Å². The first-order valence-electron chi connectivity index (χ1n) is 11.9. The summed E-state index contributed by atoms with van der Waals surface area (Å²) in [6.07, 6.45) is 3.93. The molecular formula is C25H32N6O6. The summed E-state index contributed by atoms with van der Waals surface area (Å²) in [6, 6.07) is 4.90. The number of hydrogen-bond acceptors (Lipinski definition) is 8. The van der Waals surface area contributed by atoms with Gasteiger partial charge in [-0.05, 0) is 39.7 Å². The molecule has 12 nitrogen and oxygen atoms in total. The van der Waals surface area contributed by atoms with E-state index in [4.69, 9.17) is 13.9 Å². The highest BCUT2D eigenvalue weighted by molar-refractivity contribution is 6.02. The molecule has 0 aromatic carbocycles. The zero-order valence-electron chi connectivity index (χ0n) is 21.7. The fourth-order valence-electron chi connectivity index (χ4n) is 3.99. The predicted molar refractivity (Wildman–Crippen MR) is 136 cm³/mol. The molecule has 0 bridgehead atoms. The summed E-state index contributed by atoms with van der Waals surface area (Å²) in [5, 5.41) is 13.1. The van der Waals surface area contributed by atoms with Crippen LogP contribution in [0.5, 0.6) is 0 Å². The van der Waals surface area contributed by atoms with Crippen molar-refractivity contribution >= 4 is 40.6 Å². The standard InChI is InChI=1S/C25H32N6O6/c1-25(2,3)37-24(34)30(5)20-12-14(28-17-9-10-36-21(17)23(33)26-4)11-18-15(13-27-31(18)20)22(32)29-16-7-8-19(16)35-6/h9-13,16,19,28H,7-8H2,1-6H3,(H,26,33)(H,29,32)/t16?,19-/m0/s1. The Balaban J connectivity index is 1.75. The summed E-state index contributed by atoms with van der Waals surface area (Å²) in [7, 11) is 4.68. The molecule has 12 heteroatoms. The van der Waals surface area contributed by atoms with Gasteiger partial charge in [-0.1, -0.05) is 0 Å². The van der Waals surface area contributed by atoms with Crippen LogP contribution in [0.25, 0.3) is 5.52 Å². The second kappa shape index (κ2) is 10.1. The minimum atomic E-state index is -0.713. The van der Waals surface area contributed by atoms with Crippen LogP contribution in [0.15, 0.2) is 35.1 Å². The van der Waals surface area contributed by atoms with Gasteiger partial charge in [0.25, 0.3) is 11.8 Å². The Morgan fingerprint density at radius 1 is 1.19 bits per heavy atom. The van der Waals surface area contributed by atoms with Crippen molar-refractivity contribution in [3.8, 4) is 0 Å². The lowest BCUT2D eigenvalue weighted by Crippen LogP contribution is -2.51. The molecule has 3 heterocycles. The number of anilines is 3. The Labute approximate surface area is 214 Å². The Bertz CT molecular complexity index is 1320. The van der Waals surface area contributed by atoms with E-state index in [-0.39, 0.29) is 23.8 Å². The zero-order valence-corrected chi connectivity index (χ0v) is 21.7. The van der Waals surface area contributed by atoms with Crippen LogP contribution in [0.3, 0.4) is 0 Å². The molecule has 0 saturated heterocycles. The molecular weight excluding hydrogens is 480 g/mol. The molecule has 0 aliphatic heterocycles. The highest BCUT2D eigenvalue weighted by Crippen LogP contribution is 2.30. The average molecular weight is 513 g/mol. The fourth-order valence-corrected chi connectivity index (χ4v) is 3.99. The Morgan fingerprint density at radius 3 is 2.57 bits per heavy atom. The molecule has 37 heavy (non-hydrogen) atoms. The van der Waals surface area contributed by atoms with Crippen LogP contribution < -0.4 is 20.9 Å². The highest BCUT2D eigenvalue weighted by atomic mass is 16.6. The van der Waals surface area contributed by atoms with Crippen molar-refractivity contribution < 1.29 is 28.3 Å². The van der Waals surface area contributed by atoms with Gasteiger partial charge in [-0.15, -0.1) is 0 Å². The summed E-state index contributed by atoms with van der Waals surface area (Å²) in [6.45, 7) is 5.32. The second-order valence-corrected chi connectivity index (χ2v) is 9.80. The van der Waals surface area contributed by atoms with Crippen LogP contribution in [-0.4, -0.2) is 66.5 Å². The van der Waals surface area contributed by atoms with Gasteiger partial charge in [0.15, 0.2) is 0 Å². The zero-order chi connectivity index (χ0) is 26.9. The molecule has 1 aliphatic rings. The van der Waals surface area contributed by atoms with Crippen molar-refractivity contribution in [2.75, 3.05) is 31.4 Å². The molecule has 1 saturated carbocycles. The van der Waals surface area contributed by atoms with Gasteiger partial charge in [0, 0.05) is 39.0 Å². The average Bonchev–Trinajstić information content (AvgIpc) is 3.46. The maximum atomic E-state index is 13.2. The Kier molecular flexibility index (Phi) is 7.12. The van der Waals surface area contributed by atoms with Crippen molar-refractivity contribution in [1.82, 2.24) is 20.2 Å². The number of aromatic nitrogens is 2. The van der Waals surface area contributed by atoms with Crippen molar-refractivity contribution in [3.05, 3.63) is 42.0 Å². The number of fused-ring (bicyclic) bond motifs is 1. The number of carbonyl (C=O) groups is 3. The number of nitrogens with zero attached hydrogens (tertiary/aromatic N) is 3. The number of carbonyl (C=O) groups excluding carboxylic acids is 3. The van der Waals surface area contributed by atoms with E-state index in [9.17, 15) is 14.4 Å². The number of ether oxygens (including phenoxy) is 2. The minimum absolute atomic E-state index is 0.0268. The first-order valence-corrected chi connectivity index (χ1v) is 11.9. The van der Waals surface area contributed by atoms with E-state index in [0.717, 1.165) is 12.8 Å². The molecule has 4 rings (SSSR count). The van der Waals surface area contributed by atoms with Gasteiger partial charge in [-0.2, -0.15) is 5.10 Å². The van der Waals surface area contributed by atoms with Crippen molar-refractivity contribution in [3.63, 3.8) is 0 Å². The number of rotatable bonds is 7. The van der Waals surface area contributed by atoms with Crippen LogP contribution in [0, 0.1) is 0 Å². The van der Waals surface area contributed by atoms with Crippen LogP contribution in [0.1, 0.15) is 54.5 Å². The Hall–Kier alpha value is -4.06. The van der Waals surface area contributed by atoms with Crippen LogP contribution in [0.2, 0.25) is 0 Å². The van der Waals surface area contributed by atoms with Gasteiger partial charge in [0.2, 0.25) is 5.76 Å². The lowest BCUT2D eigenvalue weighted by molar-refractivity contribution is 0.00732. The molecule has 0 spiro atoms. The van der Waals surface area contributed by atoms with Crippen molar-refractivity contribution in [2.24, 2.45) is 0 Å². The van der Waals surface area contributed by atoms with Gasteiger partial charge < -0.3 is 29.8 Å². The lowest BCUT2D eigenvalue weighted by atomic mass is 9.89. The SMILES string of the molecule is CNC(=O)c1occc1Nc1cc(N(C)C(=O)OC(C)(C)C)n2ncc(C(=O)NC3CC[C@@H]3OC)c2c1. The molecule has 2 atom stereocenters. The molecule has 1 unspecified atom stereocenters. The summed E-state index contributed by atoms with van der Waals surface area (Å²) in [5.41, 5.74) is 0.971. The fraction of sp³-hybridized carbons (Fsp3) is 0.440. The molecule has 3 N–H and O–H groups in total. The lowest BCUT2D eigenvalue weighted by Gasteiger charge is -2.35. The van der Waals surface area contributed by atoms with E-state index in [1.165, 1.54) is 28.9 Å². The van der Waals surface area contributed by atoms with Gasteiger partial charge in [-0.3, -0.25) is 14.5 Å². The van der Waals surface area contributed by atoms with Gasteiger partial charge in [0.05, 0.1) is 41.4 Å². The van der Waals surface area contributed by atoms with E-state index in [2.05, 4.69) is 21.0 Å². The number of nitrogens with one attached hydrogen (secondary N) is 3. The quantitative estimate of drug-likeness (QED) is 0.438. The molecule has 0 radical (unpaired) electrons. The molecule has 3 aromatic rings. The van der Waals surface area contributed by atoms with Crippen molar-refractivity contribution in [2.45, 2.75) is 51.4 Å². The monoisotopic (exact) mass is 512 g/mol. The van der Waals surface area contributed by atoms with Gasteiger partial charge >= 0.3 is 6.09 Å². The molecule has 1 aliphatic carbocycles.